The summed E-state index contributed by atoms with van der Waals surface area (Å²) in [5.41, 5.74) is 1.26. The Kier molecular flexibility index (Phi) is 10.4. The average Bonchev–Trinajstić information content (AvgIpc) is 3.16. The molecule has 1 aromatic heterocycles. The molecule has 2 N–H and O–H groups in total. The summed E-state index contributed by atoms with van der Waals surface area (Å²) in [5, 5.41) is 7.97. The first kappa shape index (κ1) is 24.5. The molecule has 1 fully saturated rings. The predicted octanol–water partition coefficient (Wildman–Crippen LogP) is 2.84. The fourth-order valence-electron chi connectivity index (χ4n) is 3.43. The van der Waals surface area contributed by atoms with E-state index in [2.05, 4.69) is 56.7 Å². The van der Waals surface area contributed by atoms with E-state index in [1.165, 1.54) is 17.3 Å². The van der Waals surface area contributed by atoms with E-state index in [0.29, 0.717) is 12.5 Å². The zero-order chi connectivity index (χ0) is 20.5. The maximum atomic E-state index is 11.9. The number of benzene rings is 1. The molecule has 166 valence electrons. The molecule has 8 heteroatoms. The molecule has 2 aromatic rings. The van der Waals surface area contributed by atoms with Crippen LogP contribution < -0.4 is 10.6 Å². The second kappa shape index (κ2) is 12.8. The molecule has 0 spiro atoms. The van der Waals surface area contributed by atoms with Crippen molar-refractivity contribution in [2.24, 2.45) is 4.99 Å². The molecular formula is C22H34IN5O2. The number of carbonyl (C=O) groups excluding carboxylic acids is 1. The lowest BCUT2D eigenvalue weighted by atomic mass is 10.1. The van der Waals surface area contributed by atoms with Crippen LogP contribution in [0.5, 0.6) is 0 Å². The van der Waals surface area contributed by atoms with Gasteiger partial charge in [-0.05, 0) is 43.2 Å². The molecular weight excluding hydrogens is 493 g/mol. The molecule has 1 saturated heterocycles. The van der Waals surface area contributed by atoms with Crippen molar-refractivity contribution in [3.05, 3.63) is 36.5 Å². The predicted molar refractivity (Wildman–Crippen MR) is 133 cm³/mol. The quantitative estimate of drug-likeness (QED) is 0.240. The van der Waals surface area contributed by atoms with Crippen molar-refractivity contribution in [3.8, 4) is 0 Å². The SMILES string of the molecule is CN(C)C(=O)CN=C(NCCCn1ccc2ccccc21)NCC1CCCCO1.I. The van der Waals surface area contributed by atoms with E-state index in [4.69, 9.17) is 4.74 Å². The Balaban J connectivity index is 0.00000320. The molecule has 0 radical (unpaired) electrons. The van der Waals surface area contributed by atoms with Gasteiger partial charge in [0.1, 0.15) is 6.54 Å². The number of aliphatic imine (C=N–C) groups is 1. The number of carbonyl (C=O) groups is 1. The minimum Gasteiger partial charge on any atom is -0.376 e. The van der Waals surface area contributed by atoms with Gasteiger partial charge in [-0.25, -0.2) is 4.99 Å². The third-order valence-corrected chi connectivity index (χ3v) is 5.19. The highest BCUT2D eigenvalue weighted by molar-refractivity contribution is 14.0. The Labute approximate surface area is 196 Å². The van der Waals surface area contributed by atoms with Gasteiger partial charge in [-0.1, -0.05) is 18.2 Å². The lowest BCUT2D eigenvalue weighted by molar-refractivity contribution is -0.127. The highest BCUT2D eigenvalue weighted by atomic mass is 127. The Morgan fingerprint density at radius 3 is 2.83 bits per heavy atom. The van der Waals surface area contributed by atoms with Gasteiger partial charge in [0.25, 0.3) is 0 Å². The number of halogens is 1. The Morgan fingerprint density at radius 2 is 2.07 bits per heavy atom. The highest BCUT2D eigenvalue weighted by Crippen LogP contribution is 2.15. The van der Waals surface area contributed by atoms with Gasteiger partial charge in [0.05, 0.1) is 6.10 Å². The zero-order valence-corrected chi connectivity index (χ0v) is 20.3. The number of aromatic nitrogens is 1. The molecule has 1 aliphatic rings. The Morgan fingerprint density at radius 1 is 1.23 bits per heavy atom. The monoisotopic (exact) mass is 527 g/mol. The van der Waals surface area contributed by atoms with E-state index < -0.39 is 0 Å². The molecule has 1 atom stereocenters. The van der Waals surface area contributed by atoms with Crippen molar-refractivity contribution in [2.75, 3.05) is 40.3 Å². The summed E-state index contributed by atoms with van der Waals surface area (Å²) in [4.78, 5) is 17.9. The normalized spacial score (nSPS) is 16.7. The molecule has 7 nitrogen and oxygen atoms in total. The van der Waals surface area contributed by atoms with Crippen LogP contribution in [0.2, 0.25) is 0 Å². The van der Waals surface area contributed by atoms with Crippen LogP contribution in [0.4, 0.5) is 0 Å². The molecule has 1 unspecified atom stereocenters. The van der Waals surface area contributed by atoms with Crippen LogP contribution in [-0.2, 0) is 16.1 Å². The molecule has 3 rings (SSSR count). The third-order valence-electron chi connectivity index (χ3n) is 5.19. The molecule has 0 saturated carbocycles. The summed E-state index contributed by atoms with van der Waals surface area (Å²) in [5.74, 6) is 0.658. The van der Waals surface area contributed by atoms with E-state index in [9.17, 15) is 4.79 Å². The fourth-order valence-corrected chi connectivity index (χ4v) is 3.43. The number of para-hydroxylation sites is 1. The number of hydrogen-bond acceptors (Lipinski definition) is 3. The molecule has 1 aliphatic heterocycles. The van der Waals surface area contributed by atoms with Crippen LogP contribution in [-0.4, -0.2) is 67.8 Å². The zero-order valence-electron chi connectivity index (χ0n) is 18.0. The van der Waals surface area contributed by atoms with Gasteiger partial charge in [-0.3, -0.25) is 4.79 Å². The lowest BCUT2D eigenvalue weighted by Gasteiger charge is -2.24. The van der Waals surface area contributed by atoms with E-state index in [-0.39, 0.29) is 42.5 Å². The standard InChI is InChI=1S/C22H33N5O2.HI/c1-26(2)21(28)17-25-22(24-16-19-9-5-6-15-29-19)23-12-7-13-27-14-11-18-8-3-4-10-20(18)27;/h3-4,8,10-11,14,19H,5-7,9,12-13,15-17H2,1-2H3,(H2,23,24,25);1H. The second-order valence-electron chi connectivity index (χ2n) is 7.67. The minimum absolute atomic E-state index is 0. The van der Waals surface area contributed by atoms with E-state index in [1.807, 2.05) is 0 Å². The number of aryl methyl sites for hydroxylation is 1. The number of likely N-dealkylation sites (N-methyl/N-ethyl adjacent to an activating group) is 1. The number of guanidine groups is 1. The number of ether oxygens (including phenoxy) is 1. The summed E-state index contributed by atoms with van der Waals surface area (Å²) >= 11 is 0. The van der Waals surface area contributed by atoms with Crippen LogP contribution in [0.15, 0.2) is 41.5 Å². The van der Waals surface area contributed by atoms with Crippen LogP contribution in [0, 0.1) is 0 Å². The average molecular weight is 527 g/mol. The van der Waals surface area contributed by atoms with Crippen molar-refractivity contribution in [1.82, 2.24) is 20.1 Å². The van der Waals surface area contributed by atoms with Gasteiger partial charge in [0.2, 0.25) is 5.91 Å². The number of fused-ring (bicyclic) bond motifs is 1. The first-order valence-corrected chi connectivity index (χ1v) is 10.5. The summed E-state index contributed by atoms with van der Waals surface area (Å²) in [6.07, 6.45) is 6.72. The number of rotatable bonds is 8. The van der Waals surface area contributed by atoms with Gasteiger partial charge in [0.15, 0.2) is 5.96 Å². The molecule has 0 aliphatic carbocycles. The first-order valence-electron chi connectivity index (χ1n) is 10.5. The summed E-state index contributed by atoms with van der Waals surface area (Å²) < 4.78 is 8.05. The van der Waals surface area contributed by atoms with Crippen molar-refractivity contribution < 1.29 is 9.53 Å². The van der Waals surface area contributed by atoms with Crippen LogP contribution in [0.25, 0.3) is 10.9 Å². The lowest BCUT2D eigenvalue weighted by Crippen LogP contribution is -2.43. The third kappa shape index (κ3) is 7.46. The summed E-state index contributed by atoms with van der Waals surface area (Å²) in [6, 6.07) is 10.6. The number of hydrogen-bond donors (Lipinski definition) is 2. The number of nitrogens with zero attached hydrogens (tertiary/aromatic N) is 3. The van der Waals surface area contributed by atoms with Gasteiger partial charge >= 0.3 is 0 Å². The highest BCUT2D eigenvalue weighted by Gasteiger charge is 2.14. The van der Waals surface area contributed by atoms with Gasteiger partial charge in [0, 0.05) is 52.1 Å². The van der Waals surface area contributed by atoms with Crippen molar-refractivity contribution >= 4 is 46.7 Å². The largest absolute Gasteiger partial charge is 0.376 e. The van der Waals surface area contributed by atoms with Crippen molar-refractivity contribution in [2.45, 2.75) is 38.3 Å². The second-order valence-corrected chi connectivity index (χ2v) is 7.67. The molecule has 1 amide bonds. The Bertz CT molecular complexity index is 815. The van der Waals surface area contributed by atoms with E-state index >= 15 is 0 Å². The van der Waals surface area contributed by atoms with Crippen LogP contribution in [0.3, 0.4) is 0 Å². The maximum Gasteiger partial charge on any atom is 0.243 e. The van der Waals surface area contributed by atoms with Crippen molar-refractivity contribution in [1.29, 1.82) is 0 Å². The van der Waals surface area contributed by atoms with Crippen LogP contribution >= 0.6 is 24.0 Å². The maximum absolute atomic E-state index is 11.9. The molecule has 1 aromatic carbocycles. The minimum atomic E-state index is -0.0150. The number of amides is 1. The smallest absolute Gasteiger partial charge is 0.243 e. The Hall–Kier alpha value is -1.81. The number of nitrogens with one attached hydrogen (secondary N) is 2. The molecule has 30 heavy (non-hydrogen) atoms. The summed E-state index contributed by atoms with van der Waals surface area (Å²) in [7, 11) is 3.49. The molecule has 0 bridgehead atoms. The van der Waals surface area contributed by atoms with Gasteiger partial charge < -0.3 is 24.8 Å². The fraction of sp³-hybridized carbons (Fsp3) is 0.545. The van der Waals surface area contributed by atoms with Gasteiger partial charge in [-0.2, -0.15) is 0 Å². The first-order chi connectivity index (χ1) is 14.1. The van der Waals surface area contributed by atoms with Crippen LogP contribution in [0.1, 0.15) is 25.7 Å². The molecule has 2 heterocycles. The van der Waals surface area contributed by atoms with Gasteiger partial charge in [-0.15, -0.1) is 24.0 Å². The summed E-state index contributed by atoms with van der Waals surface area (Å²) in [6.45, 7) is 3.38. The topological polar surface area (TPSA) is 70.9 Å². The van der Waals surface area contributed by atoms with E-state index in [0.717, 1.165) is 39.0 Å². The van der Waals surface area contributed by atoms with E-state index in [1.54, 1.807) is 19.0 Å². The van der Waals surface area contributed by atoms with Crippen molar-refractivity contribution in [3.63, 3.8) is 0 Å².